The van der Waals surface area contributed by atoms with Crippen molar-refractivity contribution < 1.29 is 13.7 Å². The van der Waals surface area contributed by atoms with Crippen LogP contribution in [0.1, 0.15) is 54.0 Å². The van der Waals surface area contributed by atoms with Gasteiger partial charge in [-0.15, -0.1) is 0 Å². The van der Waals surface area contributed by atoms with Crippen molar-refractivity contribution in [3.63, 3.8) is 0 Å². The summed E-state index contributed by atoms with van der Waals surface area (Å²) in [5.41, 5.74) is -0.332. The fourth-order valence-electron chi connectivity index (χ4n) is 2.12. The summed E-state index contributed by atoms with van der Waals surface area (Å²) in [5, 5.41) is 0. The van der Waals surface area contributed by atoms with E-state index in [2.05, 4.69) is 4.98 Å². The topological polar surface area (TPSA) is 31.4 Å². The van der Waals surface area contributed by atoms with Crippen molar-refractivity contribution in [1.29, 1.82) is 0 Å². The fourth-order valence-corrected chi connectivity index (χ4v) is 2.12. The standard InChI is InChI=1S/C15H23BFNO2/c1-13(2,3)10-8-18-9-11(12(10)17)16-19-14(4,5)15(6,7)20-16/h8-9H,1-7H3. The van der Waals surface area contributed by atoms with Crippen molar-refractivity contribution in [3.05, 3.63) is 23.8 Å². The first-order valence-corrected chi connectivity index (χ1v) is 6.95. The van der Waals surface area contributed by atoms with E-state index < -0.39 is 18.3 Å². The first kappa shape index (κ1) is 15.5. The van der Waals surface area contributed by atoms with Gasteiger partial charge in [0.05, 0.1) is 11.2 Å². The lowest BCUT2D eigenvalue weighted by atomic mass is 9.76. The van der Waals surface area contributed by atoms with Crippen LogP contribution in [0.15, 0.2) is 12.4 Å². The largest absolute Gasteiger partial charge is 0.499 e. The average Bonchev–Trinajstić information content (AvgIpc) is 2.46. The molecule has 0 amide bonds. The Kier molecular flexibility index (Phi) is 3.50. The molecule has 2 rings (SSSR count). The van der Waals surface area contributed by atoms with Crippen molar-refractivity contribution in [2.75, 3.05) is 0 Å². The van der Waals surface area contributed by atoms with Crippen molar-refractivity contribution in [2.45, 2.75) is 65.1 Å². The van der Waals surface area contributed by atoms with Crippen LogP contribution < -0.4 is 5.46 Å². The normalized spacial score (nSPS) is 21.3. The molecule has 0 atom stereocenters. The van der Waals surface area contributed by atoms with E-state index >= 15 is 0 Å². The van der Waals surface area contributed by atoms with Crippen molar-refractivity contribution in [2.24, 2.45) is 0 Å². The lowest BCUT2D eigenvalue weighted by Gasteiger charge is -2.32. The zero-order valence-corrected chi connectivity index (χ0v) is 13.4. The summed E-state index contributed by atoms with van der Waals surface area (Å²) >= 11 is 0. The summed E-state index contributed by atoms with van der Waals surface area (Å²) in [6, 6.07) is 0. The lowest BCUT2D eigenvalue weighted by molar-refractivity contribution is 0.00578. The van der Waals surface area contributed by atoms with E-state index in [1.165, 1.54) is 6.20 Å². The third-order valence-electron chi connectivity index (χ3n) is 4.22. The molecule has 1 aliphatic rings. The number of nitrogens with zero attached hydrogens (tertiary/aromatic N) is 1. The van der Waals surface area contributed by atoms with Gasteiger partial charge >= 0.3 is 7.12 Å². The zero-order chi connectivity index (χ0) is 15.3. The van der Waals surface area contributed by atoms with Crippen LogP contribution >= 0.6 is 0 Å². The Morgan fingerprint density at radius 3 is 2.00 bits per heavy atom. The Labute approximate surface area is 121 Å². The summed E-state index contributed by atoms with van der Waals surface area (Å²) in [5.74, 6) is -0.286. The van der Waals surface area contributed by atoms with Gasteiger partial charge in [-0.1, -0.05) is 20.8 Å². The van der Waals surface area contributed by atoms with Crippen molar-refractivity contribution >= 4 is 12.6 Å². The molecule has 1 aromatic heterocycles. The second-order valence-corrected chi connectivity index (χ2v) is 7.43. The van der Waals surface area contributed by atoms with Gasteiger partial charge < -0.3 is 9.31 Å². The monoisotopic (exact) mass is 279 g/mol. The van der Waals surface area contributed by atoms with Crippen molar-refractivity contribution in [3.8, 4) is 0 Å². The Morgan fingerprint density at radius 2 is 1.55 bits per heavy atom. The number of hydrogen-bond donors (Lipinski definition) is 0. The minimum absolute atomic E-state index is 0.286. The molecule has 0 unspecified atom stereocenters. The Hall–Kier alpha value is -0.935. The second-order valence-electron chi connectivity index (χ2n) is 7.43. The van der Waals surface area contributed by atoms with Gasteiger partial charge in [0.15, 0.2) is 0 Å². The SMILES string of the molecule is CC(C)(C)c1cncc(B2OC(C)(C)C(C)(C)O2)c1F. The minimum atomic E-state index is -0.713. The van der Waals surface area contributed by atoms with E-state index in [1.807, 2.05) is 48.5 Å². The fraction of sp³-hybridized carbons (Fsp3) is 0.667. The number of aromatic nitrogens is 1. The molecule has 3 nitrogen and oxygen atoms in total. The molecule has 0 spiro atoms. The smallest absolute Gasteiger partial charge is 0.399 e. The molecule has 1 saturated heterocycles. The zero-order valence-electron chi connectivity index (χ0n) is 13.4. The first-order valence-electron chi connectivity index (χ1n) is 6.95. The maximum atomic E-state index is 14.7. The van der Waals surface area contributed by atoms with Gasteiger partial charge in [0.2, 0.25) is 0 Å². The average molecular weight is 279 g/mol. The van der Waals surface area contributed by atoms with Crippen LogP contribution in [0.2, 0.25) is 0 Å². The number of hydrogen-bond acceptors (Lipinski definition) is 3. The summed E-state index contributed by atoms with van der Waals surface area (Å²) in [4.78, 5) is 4.15. The number of rotatable bonds is 1. The van der Waals surface area contributed by atoms with Crippen molar-refractivity contribution in [1.82, 2.24) is 4.98 Å². The predicted molar refractivity (Wildman–Crippen MR) is 78.6 cm³/mol. The minimum Gasteiger partial charge on any atom is -0.399 e. The van der Waals surface area contributed by atoms with Gasteiger partial charge in [-0.25, -0.2) is 4.39 Å². The van der Waals surface area contributed by atoms with E-state index in [0.717, 1.165) is 0 Å². The molecule has 110 valence electrons. The van der Waals surface area contributed by atoms with Crippen LogP contribution in [0.3, 0.4) is 0 Å². The van der Waals surface area contributed by atoms with Crippen LogP contribution in [-0.2, 0) is 14.7 Å². The highest BCUT2D eigenvalue weighted by atomic mass is 19.1. The molecule has 0 saturated carbocycles. The highest BCUT2D eigenvalue weighted by Gasteiger charge is 2.52. The molecule has 20 heavy (non-hydrogen) atoms. The summed E-state index contributed by atoms with van der Waals surface area (Å²) < 4.78 is 26.5. The van der Waals surface area contributed by atoms with E-state index in [1.54, 1.807) is 6.20 Å². The van der Waals surface area contributed by atoms with Gasteiger partial charge in [0.1, 0.15) is 5.82 Å². The molecule has 1 fully saturated rings. The third kappa shape index (κ3) is 2.49. The van der Waals surface area contributed by atoms with Crippen LogP contribution in [0, 0.1) is 5.82 Å². The van der Waals surface area contributed by atoms with Crippen LogP contribution in [0.25, 0.3) is 0 Å². The summed E-state index contributed by atoms with van der Waals surface area (Å²) in [6.45, 7) is 13.7. The maximum Gasteiger partial charge on any atom is 0.499 e. The van der Waals surface area contributed by atoms with Gasteiger partial charge in [-0.2, -0.15) is 0 Å². The summed E-state index contributed by atoms with van der Waals surface area (Å²) in [6.07, 6.45) is 3.07. The molecule has 5 heteroatoms. The van der Waals surface area contributed by atoms with Crippen LogP contribution in [0.4, 0.5) is 4.39 Å². The van der Waals surface area contributed by atoms with Crippen LogP contribution in [0.5, 0.6) is 0 Å². The number of halogens is 1. The molecule has 0 radical (unpaired) electrons. The molecule has 1 aliphatic heterocycles. The van der Waals surface area contributed by atoms with E-state index in [0.29, 0.717) is 11.0 Å². The molecule has 0 aromatic carbocycles. The molecule has 0 bridgehead atoms. The molecule has 0 aliphatic carbocycles. The first-order chi connectivity index (χ1) is 8.96. The molecule has 0 N–H and O–H groups in total. The highest BCUT2D eigenvalue weighted by Crippen LogP contribution is 2.37. The third-order valence-corrected chi connectivity index (χ3v) is 4.22. The maximum absolute atomic E-state index is 14.7. The van der Waals surface area contributed by atoms with Gasteiger partial charge in [0, 0.05) is 23.4 Å². The Morgan fingerprint density at radius 1 is 1.05 bits per heavy atom. The van der Waals surface area contributed by atoms with Gasteiger partial charge in [0.25, 0.3) is 0 Å². The Balaban J connectivity index is 2.42. The highest BCUT2D eigenvalue weighted by molar-refractivity contribution is 6.62. The lowest BCUT2D eigenvalue weighted by Crippen LogP contribution is -2.41. The van der Waals surface area contributed by atoms with Gasteiger partial charge in [-0.3, -0.25) is 4.98 Å². The summed E-state index contributed by atoms with van der Waals surface area (Å²) in [7, 11) is -0.713. The Bertz CT molecular complexity index is 507. The quantitative estimate of drug-likeness (QED) is 0.741. The van der Waals surface area contributed by atoms with E-state index in [-0.39, 0.29) is 11.2 Å². The van der Waals surface area contributed by atoms with Gasteiger partial charge in [-0.05, 0) is 33.1 Å². The number of pyridine rings is 1. The van der Waals surface area contributed by atoms with E-state index in [4.69, 9.17) is 9.31 Å². The van der Waals surface area contributed by atoms with Crippen LogP contribution in [-0.4, -0.2) is 23.3 Å². The van der Waals surface area contributed by atoms with E-state index in [9.17, 15) is 4.39 Å². The predicted octanol–water partition coefficient (Wildman–Crippen LogP) is 2.82. The molecular weight excluding hydrogens is 256 g/mol. The molecule has 1 aromatic rings. The molecule has 2 heterocycles. The second kappa shape index (κ2) is 4.53. The molecular formula is C15H23BFNO2.